The van der Waals surface area contributed by atoms with Crippen molar-refractivity contribution in [2.75, 3.05) is 0 Å². The smallest absolute Gasteiger partial charge is 0.192 e. The molecule has 0 bridgehead atoms. The first-order valence-corrected chi connectivity index (χ1v) is 6.93. The first-order valence-electron chi connectivity index (χ1n) is 6.93. The molecule has 1 rings (SSSR count). The van der Waals surface area contributed by atoms with Crippen molar-refractivity contribution in [1.82, 2.24) is 0 Å². The molecule has 0 nitrogen and oxygen atoms in total. The minimum absolute atomic E-state index is 1.32. The summed E-state index contributed by atoms with van der Waals surface area (Å²) in [4.78, 5) is 0. The lowest BCUT2D eigenvalue weighted by atomic mass is 9.94. The summed E-state index contributed by atoms with van der Waals surface area (Å²) in [6.45, 7) is 2.08. The third-order valence-electron chi connectivity index (χ3n) is 3.23. The lowest BCUT2D eigenvalue weighted by Gasteiger charge is -2.39. The monoisotopic (exact) mass is 480 g/mol. The quantitative estimate of drug-likeness (QED) is 0.398. The lowest BCUT2D eigenvalue weighted by Crippen LogP contribution is -2.72. The Bertz CT molecular complexity index is 642. The molecule has 0 atom stereocenters. The molecular weight excluding hydrogens is 472 g/mol. The van der Waals surface area contributed by atoms with Gasteiger partial charge < -0.3 is 0 Å². The van der Waals surface area contributed by atoms with Crippen LogP contribution >= 0.6 is 0 Å². The zero-order valence-corrected chi connectivity index (χ0v) is 13.9. The Morgan fingerprint density at radius 2 is 0.633 bits per heavy atom. The van der Waals surface area contributed by atoms with Crippen molar-refractivity contribution < 1.29 is 70.2 Å². The fourth-order valence-electron chi connectivity index (χ4n) is 1.48. The predicted molar refractivity (Wildman–Crippen MR) is 68.0 cm³/mol. The molecule has 0 aromatic heterocycles. The number of rotatable bonds is 4. The van der Waals surface area contributed by atoms with Gasteiger partial charge in [-0.3, -0.25) is 0 Å². The van der Waals surface area contributed by atoms with E-state index in [1.165, 1.54) is 5.56 Å². The van der Waals surface area contributed by atoms with E-state index in [0.717, 1.165) is 0 Å². The summed E-state index contributed by atoms with van der Waals surface area (Å²) >= 11 is 0. The molecule has 0 saturated carbocycles. The van der Waals surface area contributed by atoms with Crippen molar-refractivity contribution in [2.24, 2.45) is 0 Å². The maximum absolute atomic E-state index is 12.6. The fraction of sp³-hybridized carbons (Fsp3) is 0.571. The Balaban J connectivity index is 0.000001000. The maximum Gasteiger partial charge on any atom is 0.460 e. The number of aryl methyl sites for hydroxylation is 1. The van der Waals surface area contributed by atoms with Gasteiger partial charge in [-0.05, 0) is 6.92 Å². The first kappa shape index (κ1) is 28.1. The molecule has 1 aromatic rings. The molecule has 0 amide bonds. The van der Waals surface area contributed by atoms with Gasteiger partial charge in [0.25, 0.3) is 0 Å². The van der Waals surface area contributed by atoms with Crippen molar-refractivity contribution in [2.45, 2.75) is 48.9 Å². The van der Waals surface area contributed by atoms with Gasteiger partial charge in [-0.15, -0.1) is 0 Å². The van der Waals surface area contributed by atoms with Crippen LogP contribution in [-0.4, -0.2) is 42.0 Å². The molecule has 30 heavy (non-hydrogen) atoms. The molecule has 0 aliphatic rings. The van der Waals surface area contributed by atoms with E-state index in [1.54, 1.807) is 0 Å². The van der Waals surface area contributed by atoms with Crippen LogP contribution in [0.4, 0.5) is 70.2 Å². The average Bonchev–Trinajstić information content (AvgIpc) is 2.53. The molecule has 16 heteroatoms. The summed E-state index contributed by atoms with van der Waals surface area (Å²) in [7, 11) is 0. The van der Waals surface area contributed by atoms with Crippen molar-refractivity contribution in [3.63, 3.8) is 0 Å². The van der Waals surface area contributed by atoms with Gasteiger partial charge >= 0.3 is 42.0 Å². The largest absolute Gasteiger partial charge is 0.460 e. The van der Waals surface area contributed by atoms with E-state index in [-0.39, 0.29) is 0 Å². The molecule has 1 aromatic carbocycles. The van der Waals surface area contributed by atoms with Gasteiger partial charge in [0, 0.05) is 0 Å². The van der Waals surface area contributed by atoms with Crippen molar-refractivity contribution in [1.29, 1.82) is 0 Å². The zero-order chi connectivity index (χ0) is 24.6. The number of alkyl halides is 16. The first-order chi connectivity index (χ1) is 12.9. The predicted octanol–water partition coefficient (Wildman–Crippen LogP) is 7.28. The average molecular weight is 480 g/mol. The Hall–Kier alpha value is -1.90. The van der Waals surface area contributed by atoms with Crippen LogP contribution in [0, 0.1) is 6.92 Å². The van der Waals surface area contributed by atoms with E-state index in [2.05, 4.69) is 19.1 Å². The highest BCUT2D eigenvalue weighted by molar-refractivity contribution is 5.12. The number of hydrogen-bond acceptors (Lipinski definition) is 0. The summed E-state index contributed by atoms with van der Waals surface area (Å²) in [5, 5.41) is 0. The normalized spacial score (nSPS) is 14.8. The third-order valence-corrected chi connectivity index (χ3v) is 3.23. The highest BCUT2D eigenvalue weighted by Crippen LogP contribution is 2.62. The van der Waals surface area contributed by atoms with E-state index in [9.17, 15) is 70.2 Å². The fourth-order valence-corrected chi connectivity index (χ4v) is 1.48. The van der Waals surface area contributed by atoms with Crippen molar-refractivity contribution >= 4 is 0 Å². The van der Waals surface area contributed by atoms with Gasteiger partial charge in [0.2, 0.25) is 0 Å². The lowest BCUT2D eigenvalue weighted by molar-refractivity contribution is -0.461. The Kier molecular flexibility index (Phi) is 7.47. The molecule has 0 radical (unpaired) electrons. The Morgan fingerprint density at radius 3 is 0.800 bits per heavy atom. The van der Waals surface area contributed by atoms with Crippen LogP contribution in [0.2, 0.25) is 0 Å². The van der Waals surface area contributed by atoms with Gasteiger partial charge in [0.1, 0.15) is 0 Å². The molecule has 0 aliphatic carbocycles. The third kappa shape index (κ3) is 4.55. The van der Waals surface area contributed by atoms with Crippen LogP contribution in [0.5, 0.6) is 0 Å². The van der Waals surface area contributed by atoms with E-state index < -0.39 is 42.0 Å². The van der Waals surface area contributed by atoms with Gasteiger partial charge in [-0.1, -0.05) is 35.9 Å². The van der Waals surface area contributed by atoms with E-state index in [0.29, 0.717) is 0 Å². The summed E-state index contributed by atoms with van der Waals surface area (Å²) in [5.74, 6) is -41.2. The molecule has 176 valence electrons. The maximum atomic E-state index is 12.6. The van der Waals surface area contributed by atoms with Crippen molar-refractivity contribution in [3.05, 3.63) is 35.9 Å². The SMILES string of the molecule is Cc1ccccc1.FC(F)(F)C(F)(F)C(F)(F)C(F)(F)C(F)(F)C(F)(F)C(F)(F)F. The van der Waals surface area contributed by atoms with E-state index in [4.69, 9.17) is 0 Å². The van der Waals surface area contributed by atoms with E-state index in [1.807, 2.05) is 18.2 Å². The minimum atomic E-state index is -8.43. The zero-order valence-electron chi connectivity index (χ0n) is 13.9. The molecule has 0 spiro atoms. The van der Waals surface area contributed by atoms with Gasteiger partial charge in [0.05, 0.1) is 0 Å². The van der Waals surface area contributed by atoms with Crippen LogP contribution in [0.3, 0.4) is 0 Å². The highest BCUT2D eigenvalue weighted by atomic mass is 19.4. The summed E-state index contributed by atoms with van der Waals surface area (Å²) in [6, 6.07) is 10.3. The Morgan fingerprint density at radius 1 is 0.400 bits per heavy atom. The van der Waals surface area contributed by atoms with Gasteiger partial charge in [-0.25, -0.2) is 0 Å². The van der Waals surface area contributed by atoms with Crippen LogP contribution in [-0.2, 0) is 0 Å². The van der Waals surface area contributed by atoms with Crippen LogP contribution in [0.1, 0.15) is 5.56 Å². The van der Waals surface area contributed by atoms with Crippen LogP contribution in [0.15, 0.2) is 30.3 Å². The number of benzene rings is 1. The Labute approximate surface area is 156 Å². The molecule has 0 unspecified atom stereocenters. The summed E-state index contributed by atoms with van der Waals surface area (Å²) in [6.07, 6.45) is -15.3. The van der Waals surface area contributed by atoms with Crippen LogP contribution < -0.4 is 0 Å². The van der Waals surface area contributed by atoms with Gasteiger partial charge in [-0.2, -0.15) is 70.2 Å². The molecule has 0 heterocycles. The second kappa shape index (κ2) is 7.98. The van der Waals surface area contributed by atoms with E-state index >= 15 is 0 Å². The molecule has 0 saturated heterocycles. The minimum Gasteiger partial charge on any atom is -0.192 e. The van der Waals surface area contributed by atoms with Crippen molar-refractivity contribution in [3.8, 4) is 0 Å². The summed E-state index contributed by atoms with van der Waals surface area (Å²) < 4.78 is 193. The standard InChI is InChI=1S/C7F16.C7H8/c8-1(9,2(10,11)4(14,15)6(18,19)20)3(12,13)5(16,17)7(21,22)23;1-7-5-3-2-4-6-7/h;2-6H,1H3. The molecule has 0 aliphatic heterocycles. The second-order valence-electron chi connectivity index (χ2n) is 5.52. The number of hydrogen-bond donors (Lipinski definition) is 0. The molecular formula is C14H8F16. The van der Waals surface area contributed by atoms with Crippen LogP contribution in [0.25, 0.3) is 0 Å². The molecule has 0 N–H and O–H groups in total. The number of halogens is 16. The van der Waals surface area contributed by atoms with Gasteiger partial charge in [0.15, 0.2) is 0 Å². The topological polar surface area (TPSA) is 0 Å². The second-order valence-corrected chi connectivity index (χ2v) is 5.52. The summed E-state index contributed by atoms with van der Waals surface area (Å²) in [5.41, 5.74) is 1.32. The highest BCUT2D eigenvalue weighted by Gasteiger charge is 2.93. The molecule has 0 fully saturated rings.